The van der Waals surface area contributed by atoms with Crippen molar-refractivity contribution in [2.75, 3.05) is 42.5 Å². The second-order valence-electron chi connectivity index (χ2n) is 12.9. The molecule has 48 heavy (non-hydrogen) atoms. The molecule has 3 N–H and O–H groups in total. The Morgan fingerprint density at radius 1 is 1.00 bits per heavy atom. The maximum absolute atomic E-state index is 15.9. The minimum absolute atomic E-state index is 0.0633. The lowest BCUT2D eigenvalue weighted by Crippen LogP contribution is -2.46. The van der Waals surface area contributed by atoms with Gasteiger partial charge in [0.2, 0.25) is 5.88 Å². The van der Waals surface area contributed by atoms with Crippen LogP contribution in [0.5, 0.6) is 5.88 Å². The van der Waals surface area contributed by atoms with Crippen molar-refractivity contribution in [3.8, 4) is 22.8 Å². The van der Waals surface area contributed by atoms with Gasteiger partial charge in [-0.05, 0) is 58.4 Å². The third-order valence-electron chi connectivity index (χ3n) is 7.50. The lowest BCUT2D eigenvalue weighted by Gasteiger charge is -2.31. The molecule has 0 saturated carbocycles. The number of alkyl halides is 5. The number of anilines is 2. The van der Waals surface area contributed by atoms with Gasteiger partial charge in [-0.15, -0.1) is 5.10 Å². The Morgan fingerprint density at radius 3 is 2.52 bits per heavy atom. The monoisotopic (exact) mass is 691 g/mol. The van der Waals surface area contributed by atoms with Crippen LogP contribution in [0.3, 0.4) is 0 Å². The molecule has 15 heteroatoms. The van der Waals surface area contributed by atoms with E-state index in [9.17, 15) is 13.2 Å². The molecule has 4 aromatic rings. The molecule has 0 radical (unpaired) electrons. The predicted molar refractivity (Wildman–Crippen MR) is 176 cm³/mol. The lowest BCUT2D eigenvalue weighted by molar-refractivity contribution is -0.219. The van der Waals surface area contributed by atoms with Crippen molar-refractivity contribution in [1.82, 2.24) is 19.7 Å². The maximum Gasteiger partial charge on any atom is 0.397 e. The van der Waals surface area contributed by atoms with Crippen molar-refractivity contribution >= 4 is 23.6 Å². The Labute approximate surface area is 280 Å². The van der Waals surface area contributed by atoms with E-state index in [-0.39, 0.29) is 29.3 Å². The van der Waals surface area contributed by atoms with Gasteiger partial charge in [-0.25, -0.2) is 14.6 Å². The van der Waals surface area contributed by atoms with Crippen molar-refractivity contribution in [3.05, 3.63) is 72.4 Å². The van der Waals surface area contributed by atoms with E-state index >= 15 is 8.78 Å². The molecule has 0 amide bonds. The van der Waals surface area contributed by atoms with Crippen LogP contribution in [0.1, 0.15) is 39.7 Å². The number of benzene rings is 1. The molecule has 4 heterocycles. The van der Waals surface area contributed by atoms with Gasteiger partial charge < -0.3 is 24.8 Å². The molecule has 1 aromatic carbocycles. The fourth-order valence-corrected chi connectivity index (χ4v) is 5.51. The SMILES string of the molecule is CC(C)(N)CN1CCCOCC(F)(F)c2ccccc2-c2nc(ccc2-n2ccc(OCC(C)(C)C(F)(F)F)n2)NSc2cccc1n2. The summed E-state index contributed by atoms with van der Waals surface area (Å²) in [7, 11) is 0. The second-order valence-corrected chi connectivity index (χ2v) is 13.8. The van der Waals surface area contributed by atoms with Crippen molar-refractivity contribution in [1.29, 1.82) is 0 Å². The number of rotatable bonds is 6. The summed E-state index contributed by atoms with van der Waals surface area (Å²) in [6, 6.07) is 16.3. The zero-order chi connectivity index (χ0) is 34.7. The van der Waals surface area contributed by atoms with E-state index in [2.05, 4.69) is 9.82 Å². The van der Waals surface area contributed by atoms with E-state index in [0.29, 0.717) is 41.9 Å². The summed E-state index contributed by atoms with van der Waals surface area (Å²) in [5, 5.41) is 4.94. The highest BCUT2D eigenvalue weighted by atomic mass is 32.2. The Kier molecular flexibility index (Phi) is 10.2. The Bertz CT molecular complexity index is 1710. The van der Waals surface area contributed by atoms with Crippen LogP contribution < -0.4 is 20.1 Å². The van der Waals surface area contributed by atoms with Crippen LogP contribution in [-0.4, -0.2) is 64.4 Å². The topological polar surface area (TPSA) is 103 Å². The first-order valence-electron chi connectivity index (χ1n) is 15.3. The third kappa shape index (κ3) is 8.55. The maximum atomic E-state index is 15.9. The van der Waals surface area contributed by atoms with E-state index in [1.165, 1.54) is 47.1 Å². The summed E-state index contributed by atoms with van der Waals surface area (Å²) >= 11 is 1.20. The number of ether oxygens (including phenoxy) is 2. The van der Waals surface area contributed by atoms with Gasteiger partial charge in [-0.2, -0.15) is 22.0 Å². The zero-order valence-corrected chi connectivity index (χ0v) is 27.8. The Hall–Kier alpha value is -3.95. The molecule has 0 unspecified atom stereocenters. The van der Waals surface area contributed by atoms with E-state index in [1.807, 2.05) is 36.9 Å². The highest BCUT2D eigenvalue weighted by molar-refractivity contribution is 8.00. The highest BCUT2D eigenvalue weighted by Gasteiger charge is 2.48. The summed E-state index contributed by atoms with van der Waals surface area (Å²) in [5.74, 6) is -2.43. The standard InChI is InChI=1S/C33H38F5N7O2S/c1-30(2,33(36,37)38)20-47-27-15-17-45(42-27)24-13-14-25-40-29(24)22-9-5-6-10-23(22)32(34,35)21-46-18-8-16-44(19-31(3,4)39)26-11-7-12-28(41-26)48-43-25/h5-7,9-15,17H,8,16,18-21,39H2,1-4H3,(H,40,43). The van der Waals surface area contributed by atoms with Crippen LogP contribution in [-0.2, 0) is 10.7 Å². The van der Waals surface area contributed by atoms with Crippen LogP contribution in [0.4, 0.5) is 33.6 Å². The molecule has 0 aliphatic carbocycles. The molecule has 0 saturated heterocycles. The van der Waals surface area contributed by atoms with E-state index < -0.39 is 36.3 Å². The van der Waals surface area contributed by atoms with Crippen molar-refractivity contribution in [2.24, 2.45) is 11.1 Å². The van der Waals surface area contributed by atoms with Crippen LogP contribution in [0.25, 0.3) is 16.9 Å². The summed E-state index contributed by atoms with van der Waals surface area (Å²) < 4.78 is 87.4. The number of hydrogen-bond donors (Lipinski definition) is 2. The van der Waals surface area contributed by atoms with Crippen LogP contribution in [0.2, 0.25) is 0 Å². The average Bonchev–Trinajstić information content (AvgIpc) is 3.50. The van der Waals surface area contributed by atoms with Crippen molar-refractivity contribution in [3.63, 3.8) is 0 Å². The molecule has 1 aliphatic heterocycles. The van der Waals surface area contributed by atoms with Gasteiger partial charge in [0, 0.05) is 60.6 Å². The van der Waals surface area contributed by atoms with Crippen molar-refractivity contribution < 1.29 is 31.4 Å². The molecule has 1 aliphatic rings. The molecule has 3 aromatic heterocycles. The number of aromatic nitrogens is 4. The summed E-state index contributed by atoms with van der Waals surface area (Å²) in [6.45, 7) is 5.40. The minimum atomic E-state index is -4.48. The normalized spacial score (nSPS) is 16.1. The first kappa shape index (κ1) is 35.4. The number of nitrogens with zero attached hydrogens (tertiary/aromatic N) is 5. The molecule has 0 atom stereocenters. The average molecular weight is 692 g/mol. The molecule has 0 fully saturated rings. The van der Waals surface area contributed by atoms with E-state index in [0.717, 1.165) is 13.8 Å². The quantitative estimate of drug-likeness (QED) is 0.157. The first-order chi connectivity index (χ1) is 22.5. The van der Waals surface area contributed by atoms with Crippen LogP contribution in [0, 0.1) is 5.41 Å². The van der Waals surface area contributed by atoms with E-state index in [4.69, 9.17) is 25.2 Å². The largest absolute Gasteiger partial charge is 0.476 e. The number of nitrogens with one attached hydrogen (secondary N) is 1. The predicted octanol–water partition coefficient (Wildman–Crippen LogP) is 7.47. The van der Waals surface area contributed by atoms with Crippen molar-refractivity contribution in [2.45, 2.75) is 56.8 Å². The Balaban J connectivity index is 1.53. The summed E-state index contributed by atoms with van der Waals surface area (Å²) in [6.07, 6.45) is -2.55. The number of nitrogens with two attached hydrogens (primary N) is 1. The highest BCUT2D eigenvalue weighted by Crippen LogP contribution is 2.40. The Morgan fingerprint density at radius 2 is 1.77 bits per heavy atom. The fourth-order valence-electron chi connectivity index (χ4n) is 4.90. The number of pyridine rings is 2. The third-order valence-corrected chi connectivity index (χ3v) is 8.25. The molecular weight excluding hydrogens is 653 g/mol. The summed E-state index contributed by atoms with van der Waals surface area (Å²) in [5.41, 5.74) is 3.96. The molecule has 258 valence electrons. The van der Waals surface area contributed by atoms with E-state index in [1.54, 1.807) is 18.2 Å². The lowest BCUT2D eigenvalue weighted by atomic mass is 9.94. The van der Waals surface area contributed by atoms with Crippen LogP contribution >= 0.6 is 11.9 Å². The zero-order valence-electron chi connectivity index (χ0n) is 27.0. The van der Waals surface area contributed by atoms with Gasteiger partial charge in [-0.1, -0.05) is 30.3 Å². The molecule has 4 bridgehead atoms. The van der Waals surface area contributed by atoms with Gasteiger partial charge in [0.05, 0.1) is 16.8 Å². The molecular formula is C33H38F5N7O2S. The van der Waals surface area contributed by atoms with Gasteiger partial charge in [0.15, 0.2) is 0 Å². The molecule has 0 spiro atoms. The molecule has 5 rings (SSSR count). The van der Waals surface area contributed by atoms with Gasteiger partial charge in [-0.3, -0.25) is 0 Å². The smallest absolute Gasteiger partial charge is 0.397 e. The first-order valence-corrected chi connectivity index (χ1v) is 16.1. The second kappa shape index (κ2) is 13.9. The molecule has 9 nitrogen and oxygen atoms in total. The fraction of sp³-hybridized carbons (Fsp3) is 0.424. The van der Waals surface area contributed by atoms with Crippen LogP contribution in [0.15, 0.2) is 71.9 Å². The van der Waals surface area contributed by atoms with Gasteiger partial charge >= 0.3 is 6.18 Å². The van der Waals surface area contributed by atoms with Gasteiger partial charge in [0.25, 0.3) is 5.92 Å². The number of hydrogen-bond acceptors (Lipinski definition) is 9. The minimum Gasteiger partial charge on any atom is -0.476 e. The summed E-state index contributed by atoms with van der Waals surface area (Å²) in [4.78, 5) is 11.5. The van der Waals surface area contributed by atoms with Gasteiger partial charge in [0.1, 0.15) is 29.9 Å². The number of fused-ring (bicyclic) bond motifs is 6. The number of halogens is 5.